The number of nitriles is 1. The van der Waals surface area contributed by atoms with Crippen molar-refractivity contribution in [3.63, 3.8) is 0 Å². The average Bonchev–Trinajstić information content (AvgIpc) is 3.72. The van der Waals surface area contributed by atoms with Crippen molar-refractivity contribution in [1.29, 1.82) is 5.26 Å². The van der Waals surface area contributed by atoms with Crippen LogP contribution < -0.4 is 5.32 Å². The number of likely N-dealkylation sites (N-methyl/N-ethyl adjacent to an activating group) is 1. The van der Waals surface area contributed by atoms with Gasteiger partial charge in [0.15, 0.2) is 5.60 Å². The van der Waals surface area contributed by atoms with Gasteiger partial charge >= 0.3 is 12.1 Å². The molecule has 0 radical (unpaired) electrons. The normalized spacial score (nSPS) is 26.7. The lowest BCUT2D eigenvalue weighted by molar-refractivity contribution is -0.128. The molecule has 10 nitrogen and oxygen atoms in total. The number of piperidine rings is 1. The molecule has 4 aliphatic rings. The number of halogens is 1. The van der Waals surface area contributed by atoms with Gasteiger partial charge in [0.25, 0.3) is 0 Å². The Morgan fingerprint density at radius 2 is 2.09 bits per heavy atom. The van der Waals surface area contributed by atoms with Crippen LogP contribution in [0.4, 0.5) is 9.18 Å². The van der Waals surface area contributed by atoms with Crippen molar-refractivity contribution in [2.45, 2.75) is 82.2 Å². The third kappa shape index (κ3) is 5.33. The maximum Gasteiger partial charge on any atom is 0.411 e. The van der Waals surface area contributed by atoms with Crippen LogP contribution >= 0.6 is 0 Å². The Labute approximate surface area is 250 Å². The average molecular weight is 590 g/mol. The Bertz CT molecular complexity index is 1530. The molecule has 2 saturated heterocycles. The highest BCUT2D eigenvalue weighted by atomic mass is 19.1. The van der Waals surface area contributed by atoms with Gasteiger partial charge in [-0.1, -0.05) is 12.1 Å². The molecule has 4 heterocycles. The number of carbonyl (C=O) groups is 3. The summed E-state index contributed by atoms with van der Waals surface area (Å²) in [4.78, 5) is 46.9. The number of nitrogens with zero attached hydrogens (tertiary/aromatic N) is 4. The predicted molar refractivity (Wildman–Crippen MR) is 153 cm³/mol. The van der Waals surface area contributed by atoms with Crippen LogP contribution in [0.15, 0.2) is 30.5 Å². The van der Waals surface area contributed by atoms with Gasteiger partial charge in [-0.15, -0.1) is 0 Å². The summed E-state index contributed by atoms with van der Waals surface area (Å²) in [6, 6.07) is 6.75. The fraction of sp³-hybridized carbons (Fsp3) is 0.531. The zero-order chi connectivity index (χ0) is 30.7. The molecular weight excluding hydrogens is 553 g/mol. The number of hydrogen-bond acceptors (Lipinski definition) is 8. The molecule has 1 aromatic carbocycles. The molecule has 2 aromatic rings. The van der Waals surface area contributed by atoms with E-state index < -0.39 is 47.1 Å². The van der Waals surface area contributed by atoms with E-state index in [4.69, 9.17) is 9.47 Å². The highest BCUT2D eigenvalue weighted by Gasteiger charge is 2.53. The van der Waals surface area contributed by atoms with Gasteiger partial charge in [0.1, 0.15) is 23.5 Å². The zero-order valence-electron chi connectivity index (χ0n) is 24.9. The third-order valence-corrected chi connectivity index (χ3v) is 9.03. The van der Waals surface area contributed by atoms with E-state index in [9.17, 15) is 19.6 Å². The summed E-state index contributed by atoms with van der Waals surface area (Å²) >= 11 is 0. The van der Waals surface area contributed by atoms with Gasteiger partial charge in [0, 0.05) is 49.3 Å². The van der Waals surface area contributed by atoms with Crippen LogP contribution in [-0.2, 0) is 26.3 Å². The number of rotatable bonds is 5. The molecule has 3 fully saturated rings. The first-order valence-electron chi connectivity index (χ1n) is 14.8. The van der Waals surface area contributed by atoms with E-state index in [1.165, 1.54) is 17.2 Å². The lowest BCUT2D eigenvalue weighted by atomic mass is 9.91. The molecule has 3 aliphatic heterocycles. The number of amides is 2. The first-order valence-corrected chi connectivity index (χ1v) is 14.8. The minimum atomic E-state index is -0.993. The van der Waals surface area contributed by atoms with Crippen molar-refractivity contribution in [1.82, 2.24) is 20.1 Å². The molecular formula is C32H36FN5O5. The lowest BCUT2D eigenvalue weighted by Crippen LogP contribution is -2.55. The van der Waals surface area contributed by atoms with Crippen LogP contribution in [0.2, 0.25) is 0 Å². The Morgan fingerprint density at radius 1 is 1.30 bits per heavy atom. The molecule has 2 amide bonds. The molecule has 6 rings (SSSR count). The number of carbonyl (C=O) groups excluding carboxylic acids is 3. The Kier molecular flexibility index (Phi) is 7.16. The van der Waals surface area contributed by atoms with Gasteiger partial charge in [-0.25, -0.2) is 14.0 Å². The molecule has 226 valence electrons. The number of benzene rings is 1. The van der Waals surface area contributed by atoms with Crippen LogP contribution in [0.1, 0.15) is 67.9 Å². The molecule has 1 saturated carbocycles. The van der Waals surface area contributed by atoms with E-state index in [0.717, 1.165) is 31.4 Å². The van der Waals surface area contributed by atoms with Gasteiger partial charge in [-0.05, 0) is 70.7 Å². The highest BCUT2D eigenvalue weighted by Crippen LogP contribution is 2.44. The maximum absolute atomic E-state index is 15.4. The molecule has 11 heteroatoms. The first kappa shape index (κ1) is 29.1. The third-order valence-electron chi connectivity index (χ3n) is 9.03. The number of aromatic nitrogens is 1. The predicted octanol–water partition coefficient (Wildman–Crippen LogP) is 3.93. The van der Waals surface area contributed by atoms with Gasteiger partial charge in [-0.2, -0.15) is 5.26 Å². The first-order chi connectivity index (χ1) is 20.4. The summed E-state index contributed by atoms with van der Waals surface area (Å²) in [7, 11) is 1.97. The quantitative estimate of drug-likeness (QED) is 0.521. The summed E-state index contributed by atoms with van der Waals surface area (Å²) in [5.41, 5.74) is 1.09. The number of nitrogens with one attached hydrogen (secondary N) is 1. The number of esters is 1. The second-order valence-corrected chi connectivity index (χ2v) is 13.2. The van der Waals surface area contributed by atoms with Crippen LogP contribution in [0.25, 0.3) is 11.3 Å². The van der Waals surface area contributed by atoms with Crippen molar-refractivity contribution in [3.05, 3.63) is 53.0 Å². The fourth-order valence-corrected chi connectivity index (χ4v) is 7.09. The van der Waals surface area contributed by atoms with E-state index in [1.54, 1.807) is 39.0 Å². The maximum atomic E-state index is 15.4. The molecule has 1 spiro atoms. The van der Waals surface area contributed by atoms with Crippen LogP contribution in [0.5, 0.6) is 0 Å². The van der Waals surface area contributed by atoms with Crippen molar-refractivity contribution < 1.29 is 28.2 Å². The summed E-state index contributed by atoms with van der Waals surface area (Å²) in [6.45, 7) is 6.72. The van der Waals surface area contributed by atoms with Gasteiger partial charge in [0.05, 0.1) is 17.3 Å². The van der Waals surface area contributed by atoms with Crippen molar-refractivity contribution in [2.75, 3.05) is 20.1 Å². The van der Waals surface area contributed by atoms with Crippen LogP contribution in [-0.4, -0.2) is 76.6 Å². The van der Waals surface area contributed by atoms with Crippen molar-refractivity contribution >= 4 is 18.0 Å². The smallest absolute Gasteiger partial charge is 0.411 e. The van der Waals surface area contributed by atoms with E-state index >= 15 is 4.39 Å². The number of pyridine rings is 1. The van der Waals surface area contributed by atoms with E-state index in [0.29, 0.717) is 29.8 Å². The van der Waals surface area contributed by atoms with Gasteiger partial charge < -0.3 is 19.7 Å². The lowest BCUT2D eigenvalue weighted by Gasteiger charge is -2.35. The second kappa shape index (κ2) is 10.6. The standard InChI is InChI=1S/C32H36FN5O5/c1-31(2,3)43-30(41)38-22-8-7-20(12-22)27(38)28(39)36-21(15-34)11-18-5-6-19(13-25(18)33)26-14-24-23(16-35-26)29(40)42-32(24)9-10-37(4)17-32/h5-6,13-14,16,20-22,27H,7-12,17H2,1-4H3,(H,36,39)/t20-,21-,22+,27-,32?/m0/s1. The van der Waals surface area contributed by atoms with E-state index in [2.05, 4.69) is 21.3 Å². The number of fused-ring (bicyclic) bond motifs is 4. The van der Waals surface area contributed by atoms with Crippen molar-refractivity contribution in [2.24, 2.45) is 5.92 Å². The second-order valence-electron chi connectivity index (χ2n) is 13.2. The van der Waals surface area contributed by atoms with E-state index in [1.807, 2.05) is 7.05 Å². The monoisotopic (exact) mass is 589 g/mol. The molecule has 2 bridgehead atoms. The number of ether oxygens (including phenoxy) is 2. The fourth-order valence-electron chi connectivity index (χ4n) is 7.09. The Balaban J connectivity index is 1.17. The summed E-state index contributed by atoms with van der Waals surface area (Å²) in [5, 5.41) is 12.6. The molecule has 43 heavy (non-hydrogen) atoms. The number of likely N-dealkylation sites (tertiary alicyclic amines) is 2. The molecule has 1 N–H and O–H groups in total. The van der Waals surface area contributed by atoms with Crippen LogP contribution in [0.3, 0.4) is 0 Å². The molecule has 1 aliphatic carbocycles. The summed E-state index contributed by atoms with van der Waals surface area (Å²) in [5.74, 6) is -1.35. The zero-order valence-corrected chi connectivity index (χ0v) is 24.9. The Morgan fingerprint density at radius 3 is 2.77 bits per heavy atom. The SMILES string of the molecule is CN1CCC2(C1)OC(=O)c1cnc(-c3ccc(C[C@@H](C#N)NC(=O)[C@@H]4[C@H]5CC[C@H](C5)N4C(=O)OC(C)(C)C)c(F)c3)cc12. The molecule has 1 aromatic heterocycles. The minimum Gasteiger partial charge on any atom is -0.449 e. The topological polar surface area (TPSA) is 125 Å². The minimum absolute atomic E-state index is 0.00262. The van der Waals surface area contributed by atoms with Gasteiger partial charge in [-0.3, -0.25) is 14.7 Å². The van der Waals surface area contributed by atoms with Crippen LogP contribution in [0, 0.1) is 23.1 Å². The molecule has 5 atom stereocenters. The van der Waals surface area contributed by atoms with Crippen molar-refractivity contribution in [3.8, 4) is 17.3 Å². The largest absolute Gasteiger partial charge is 0.449 e. The summed E-state index contributed by atoms with van der Waals surface area (Å²) in [6.07, 6.45) is 3.95. The highest BCUT2D eigenvalue weighted by molar-refractivity contribution is 5.95. The summed E-state index contributed by atoms with van der Waals surface area (Å²) < 4.78 is 26.7. The van der Waals surface area contributed by atoms with E-state index in [-0.39, 0.29) is 23.9 Å². The Hall–Kier alpha value is -4.04. The van der Waals surface area contributed by atoms with Gasteiger partial charge in [0.2, 0.25) is 5.91 Å². The number of hydrogen-bond donors (Lipinski definition) is 1. The molecule has 1 unspecified atom stereocenters.